The molecule has 2 fully saturated rings. The summed E-state index contributed by atoms with van der Waals surface area (Å²) in [7, 11) is 2.16. The fourth-order valence-corrected chi connectivity index (χ4v) is 7.48. The summed E-state index contributed by atoms with van der Waals surface area (Å²) in [5.41, 5.74) is 6.91. The molecule has 1 spiro atoms. The van der Waals surface area contributed by atoms with Crippen LogP contribution >= 0.6 is 0 Å². The number of anilines is 1. The molecular weight excluding hydrogens is 500 g/mol. The largest absolute Gasteiger partial charge is 0.462 e. The predicted octanol–water partition coefficient (Wildman–Crippen LogP) is 3.65. The van der Waals surface area contributed by atoms with Crippen molar-refractivity contribution >= 4 is 11.7 Å². The molecule has 4 aliphatic rings. The Morgan fingerprint density at radius 2 is 2.08 bits per heavy atom. The summed E-state index contributed by atoms with van der Waals surface area (Å²) in [6.07, 6.45) is 9.10. The number of hydrogen-bond donors (Lipinski definition) is 0. The van der Waals surface area contributed by atoms with E-state index in [-0.39, 0.29) is 23.8 Å². The predicted molar refractivity (Wildman–Crippen MR) is 154 cm³/mol. The van der Waals surface area contributed by atoms with Crippen molar-refractivity contribution in [1.82, 2.24) is 19.8 Å². The number of hydrogen-bond acceptors (Lipinski definition) is 7. The van der Waals surface area contributed by atoms with Gasteiger partial charge < -0.3 is 19.4 Å². The maximum atomic E-state index is 12.5. The van der Waals surface area contributed by atoms with Crippen LogP contribution in [0.1, 0.15) is 53.6 Å². The smallest absolute Gasteiger partial charge is 0.318 e. The van der Waals surface area contributed by atoms with Crippen molar-refractivity contribution in [1.29, 1.82) is 5.26 Å². The van der Waals surface area contributed by atoms with Gasteiger partial charge in [-0.25, -0.2) is 0 Å². The molecule has 0 N–H and O–H groups in total. The molecular formula is C32H40N6O2. The van der Waals surface area contributed by atoms with Gasteiger partial charge >= 0.3 is 6.01 Å². The fourth-order valence-electron chi connectivity index (χ4n) is 7.48. The monoisotopic (exact) mass is 540 g/mol. The second kappa shape index (κ2) is 10.9. The lowest BCUT2D eigenvalue weighted by molar-refractivity contribution is -0.128. The lowest BCUT2D eigenvalue weighted by atomic mass is 9.71. The van der Waals surface area contributed by atoms with Crippen LogP contribution in [0.5, 0.6) is 6.01 Å². The van der Waals surface area contributed by atoms with E-state index >= 15 is 0 Å². The van der Waals surface area contributed by atoms with Gasteiger partial charge in [-0.3, -0.25) is 4.79 Å². The van der Waals surface area contributed by atoms with Crippen LogP contribution in [0, 0.1) is 23.7 Å². The summed E-state index contributed by atoms with van der Waals surface area (Å²) in [5.74, 6) is 0.808. The van der Waals surface area contributed by atoms with Crippen molar-refractivity contribution in [2.45, 2.75) is 70.4 Å². The van der Waals surface area contributed by atoms with Crippen LogP contribution in [-0.2, 0) is 30.5 Å². The van der Waals surface area contributed by atoms with Gasteiger partial charge in [0.25, 0.3) is 0 Å². The van der Waals surface area contributed by atoms with Gasteiger partial charge in [0.2, 0.25) is 5.91 Å². The molecule has 1 amide bonds. The fraction of sp³-hybridized carbons (Fsp3) is 0.562. The van der Waals surface area contributed by atoms with E-state index in [1.54, 1.807) is 4.90 Å². The average Bonchev–Trinajstić information content (AvgIpc) is 3.54. The zero-order valence-electron chi connectivity index (χ0n) is 23.9. The average molecular weight is 541 g/mol. The lowest BCUT2D eigenvalue weighted by Crippen LogP contribution is -2.55. The molecule has 8 heteroatoms. The molecule has 0 saturated carbocycles. The zero-order valence-corrected chi connectivity index (χ0v) is 23.9. The molecule has 2 aromatic rings. The van der Waals surface area contributed by atoms with Crippen LogP contribution in [0.15, 0.2) is 30.9 Å². The SMILES string of the molecule is C=CC(=O)N1CCN(c2nc(OCC3CCCN3C)nc3c2CCC2(Cc4cccc(C)c4C2)C3)CC1CC#N. The van der Waals surface area contributed by atoms with Gasteiger partial charge in [0.05, 0.1) is 24.2 Å². The third kappa shape index (κ3) is 4.96. The number of ether oxygens (including phenoxy) is 1. The highest BCUT2D eigenvalue weighted by Crippen LogP contribution is 2.48. The van der Waals surface area contributed by atoms with Crippen molar-refractivity contribution in [3.63, 3.8) is 0 Å². The maximum absolute atomic E-state index is 12.5. The number of benzene rings is 1. The van der Waals surface area contributed by atoms with Crippen LogP contribution in [-0.4, -0.2) is 77.6 Å². The summed E-state index contributed by atoms with van der Waals surface area (Å²) >= 11 is 0. The number of nitriles is 1. The van der Waals surface area contributed by atoms with Gasteiger partial charge in [-0.05, 0) is 93.6 Å². The summed E-state index contributed by atoms with van der Waals surface area (Å²) in [6, 6.07) is 9.63. The normalized spacial score (nSPS) is 25.9. The number of aryl methyl sites for hydroxylation is 1. The number of piperazine rings is 1. The first kappa shape index (κ1) is 26.8. The zero-order chi connectivity index (χ0) is 27.9. The maximum Gasteiger partial charge on any atom is 0.318 e. The summed E-state index contributed by atoms with van der Waals surface area (Å²) in [4.78, 5) is 29.0. The van der Waals surface area contributed by atoms with Crippen LogP contribution in [0.2, 0.25) is 0 Å². The number of rotatable bonds is 6. The molecule has 0 radical (unpaired) electrons. The van der Waals surface area contributed by atoms with E-state index < -0.39 is 0 Å². The minimum absolute atomic E-state index is 0.118. The standard InChI is InChI=1S/C32H40N6O2/c1-4-29(39)38-16-15-37(20-24(38)11-13-33)30-26-10-12-32(17-23-8-5-7-22(2)27(23)18-32)19-28(26)34-31(35-30)40-21-25-9-6-14-36(25)3/h4-5,7-8,24-25H,1,6,9-12,14-21H2,2-3H3. The van der Waals surface area contributed by atoms with Gasteiger partial charge in [0.1, 0.15) is 12.4 Å². The van der Waals surface area contributed by atoms with Crippen molar-refractivity contribution < 1.29 is 9.53 Å². The molecule has 1 aromatic heterocycles. The molecule has 3 atom stereocenters. The van der Waals surface area contributed by atoms with E-state index in [0.717, 1.165) is 56.6 Å². The second-order valence-electron chi connectivity index (χ2n) is 12.3. The third-order valence-corrected chi connectivity index (χ3v) is 9.77. The molecule has 40 heavy (non-hydrogen) atoms. The van der Waals surface area contributed by atoms with Crippen molar-refractivity contribution in [3.05, 3.63) is 58.8 Å². The number of likely N-dealkylation sites (tertiary alicyclic amines) is 1. The Labute approximate surface area is 237 Å². The number of nitrogens with zero attached hydrogens (tertiary/aromatic N) is 6. The van der Waals surface area contributed by atoms with Crippen LogP contribution < -0.4 is 9.64 Å². The Morgan fingerprint density at radius 3 is 2.83 bits per heavy atom. The molecule has 3 heterocycles. The molecule has 3 unspecified atom stereocenters. The molecule has 8 nitrogen and oxygen atoms in total. The van der Waals surface area contributed by atoms with E-state index in [9.17, 15) is 10.1 Å². The Balaban J connectivity index is 1.31. The molecule has 2 saturated heterocycles. The minimum atomic E-state index is -0.200. The topological polar surface area (TPSA) is 85.6 Å². The highest BCUT2D eigenvalue weighted by Gasteiger charge is 2.43. The van der Waals surface area contributed by atoms with E-state index in [4.69, 9.17) is 14.7 Å². The summed E-state index contributed by atoms with van der Waals surface area (Å²) < 4.78 is 6.32. The minimum Gasteiger partial charge on any atom is -0.462 e. The number of likely N-dealkylation sites (N-methyl/N-ethyl adjacent to an activating group) is 1. The summed E-state index contributed by atoms with van der Waals surface area (Å²) in [5, 5.41) is 9.51. The van der Waals surface area contributed by atoms with Crippen molar-refractivity contribution in [2.24, 2.45) is 5.41 Å². The first-order valence-electron chi connectivity index (χ1n) is 14.7. The molecule has 2 aliphatic heterocycles. The lowest BCUT2D eigenvalue weighted by Gasteiger charge is -2.42. The Kier molecular flexibility index (Phi) is 7.26. The Bertz CT molecular complexity index is 1350. The number of amides is 1. The van der Waals surface area contributed by atoms with Gasteiger partial charge in [0, 0.05) is 31.2 Å². The number of carbonyl (C=O) groups excluding carboxylic acids is 1. The number of carbonyl (C=O) groups is 1. The van der Waals surface area contributed by atoms with Gasteiger partial charge in [0.15, 0.2) is 0 Å². The molecule has 6 rings (SSSR count). The van der Waals surface area contributed by atoms with E-state index in [0.29, 0.717) is 38.3 Å². The molecule has 2 aliphatic carbocycles. The number of fused-ring (bicyclic) bond motifs is 2. The van der Waals surface area contributed by atoms with Gasteiger partial charge in [-0.2, -0.15) is 15.2 Å². The van der Waals surface area contributed by atoms with E-state index in [1.165, 1.54) is 34.8 Å². The van der Waals surface area contributed by atoms with Gasteiger partial charge in [-0.15, -0.1) is 0 Å². The first-order valence-corrected chi connectivity index (χ1v) is 14.7. The van der Waals surface area contributed by atoms with E-state index in [2.05, 4.69) is 54.6 Å². The molecule has 1 aromatic carbocycles. The Morgan fingerprint density at radius 1 is 1.20 bits per heavy atom. The van der Waals surface area contributed by atoms with Crippen LogP contribution in [0.4, 0.5) is 5.82 Å². The molecule has 210 valence electrons. The van der Waals surface area contributed by atoms with Crippen LogP contribution in [0.3, 0.4) is 0 Å². The number of aromatic nitrogens is 2. The van der Waals surface area contributed by atoms with Crippen molar-refractivity contribution in [3.8, 4) is 12.1 Å². The Hall–Kier alpha value is -3.44. The first-order chi connectivity index (χ1) is 19.4. The third-order valence-electron chi connectivity index (χ3n) is 9.77. The molecule has 0 bridgehead atoms. The van der Waals surface area contributed by atoms with E-state index in [1.807, 2.05) is 0 Å². The summed E-state index contributed by atoms with van der Waals surface area (Å²) in [6.45, 7) is 9.34. The highest BCUT2D eigenvalue weighted by atomic mass is 16.5. The highest BCUT2D eigenvalue weighted by molar-refractivity contribution is 5.87. The second-order valence-corrected chi connectivity index (χ2v) is 12.3. The van der Waals surface area contributed by atoms with Crippen molar-refractivity contribution in [2.75, 3.05) is 44.7 Å². The van der Waals surface area contributed by atoms with Crippen LogP contribution in [0.25, 0.3) is 0 Å². The van der Waals surface area contributed by atoms with Gasteiger partial charge in [-0.1, -0.05) is 24.8 Å². The quantitative estimate of drug-likeness (QED) is 0.517.